The zero-order chi connectivity index (χ0) is 29.0. The van der Waals surface area contributed by atoms with Gasteiger partial charge >= 0.3 is 12.2 Å². The second kappa shape index (κ2) is 12.5. The van der Waals surface area contributed by atoms with Crippen molar-refractivity contribution in [3.8, 4) is 5.75 Å². The molecule has 2 aliphatic rings. The number of fused-ring (bicyclic) bond motifs is 1. The quantitative estimate of drug-likeness (QED) is 0.428. The SMILES string of the molecule is C[C@H]1CN([C@@H](C)CO)C(=O)Cc2cc(NC(=O)Nc3ccc(C(F)(F)F)cc3)ccc2O[C@H]1CN(C)CC1CC1. The number of hydrogen-bond donors (Lipinski definition) is 3. The van der Waals surface area contributed by atoms with Gasteiger partial charge in [0, 0.05) is 42.5 Å². The molecule has 8 nitrogen and oxygen atoms in total. The summed E-state index contributed by atoms with van der Waals surface area (Å²) in [6.45, 7) is 5.81. The fourth-order valence-corrected chi connectivity index (χ4v) is 4.88. The predicted octanol–water partition coefficient (Wildman–Crippen LogP) is 4.84. The Bertz CT molecular complexity index is 1190. The molecule has 218 valence electrons. The second-order valence-corrected chi connectivity index (χ2v) is 11.0. The van der Waals surface area contributed by atoms with Crippen LogP contribution in [-0.4, -0.2) is 72.3 Å². The van der Waals surface area contributed by atoms with Gasteiger partial charge in [-0.3, -0.25) is 4.79 Å². The van der Waals surface area contributed by atoms with Crippen molar-refractivity contribution >= 4 is 23.3 Å². The number of carbonyl (C=O) groups excluding carboxylic acids is 2. The highest BCUT2D eigenvalue weighted by molar-refractivity contribution is 6.00. The van der Waals surface area contributed by atoms with Gasteiger partial charge in [-0.15, -0.1) is 0 Å². The van der Waals surface area contributed by atoms with Crippen LogP contribution < -0.4 is 15.4 Å². The van der Waals surface area contributed by atoms with Crippen LogP contribution in [0, 0.1) is 11.8 Å². The van der Waals surface area contributed by atoms with Gasteiger partial charge in [0.25, 0.3) is 0 Å². The van der Waals surface area contributed by atoms with Gasteiger partial charge in [-0.25, -0.2) is 4.79 Å². The topological polar surface area (TPSA) is 94.1 Å². The lowest BCUT2D eigenvalue weighted by Crippen LogP contribution is -2.47. The van der Waals surface area contributed by atoms with Crippen LogP contribution in [0.1, 0.15) is 37.8 Å². The fraction of sp³-hybridized carbons (Fsp3) is 0.517. The minimum Gasteiger partial charge on any atom is -0.488 e. The number of halogens is 3. The summed E-state index contributed by atoms with van der Waals surface area (Å²) in [4.78, 5) is 29.9. The van der Waals surface area contributed by atoms with Crippen LogP contribution in [0.3, 0.4) is 0 Å². The first-order valence-corrected chi connectivity index (χ1v) is 13.6. The smallest absolute Gasteiger partial charge is 0.416 e. The molecule has 3 N–H and O–H groups in total. The second-order valence-electron chi connectivity index (χ2n) is 11.0. The number of nitrogens with one attached hydrogen (secondary N) is 2. The first-order chi connectivity index (χ1) is 18.9. The van der Waals surface area contributed by atoms with Crippen molar-refractivity contribution in [3.05, 3.63) is 53.6 Å². The number of amides is 3. The largest absolute Gasteiger partial charge is 0.488 e. The molecule has 2 aromatic carbocycles. The molecular formula is C29H37F3N4O4. The number of aliphatic hydroxyl groups is 1. The minimum atomic E-state index is -4.46. The average Bonchev–Trinajstić information content (AvgIpc) is 3.70. The number of carbonyl (C=O) groups is 2. The fourth-order valence-electron chi connectivity index (χ4n) is 4.88. The standard InChI is InChI=1S/C29H37F3N4O4/c1-18-14-36(19(2)17-37)27(38)13-21-12-24(10-11-25(21)40-26(18)16-35(3)15-20-4-5-20)34-28(39)33-23-8-6-22(7-9-23)29(30,31)32/h6-12,18-20,26,37H,4-5,13-17H2,1-3H3,(H2,33,34,39)/t18-,19-,26-/m0/s1. The van der Waals surface area contributed by atoms with E-state index in [-0.39, 0.29) is 42.7 Å². The van der Waals surface area contributed by atoms with Crippen molar-refractivity contribution in [2.75, 3.05) is 43.9 Å². The summed E-state index contributed by atoms with van der Waals surface area (Å²) in [5.41, 5.74) is 0.386. The van der Waals surface area contributed by atoms with E-state index in [1.165, 1.54) is 25.0 Å². The highest BCUT2D eigenvalue weighted by atomic mass is 19.4. The Labute approximate surface area is 232 Å². The first kappa shape index (κ1) is 29.7. The molecule has 1 aliphatic heterocycles. The molecule has 0 aromatic heterocycles. The van der Waals surface area contributed by atoms with Gasteiger partial charge in [-0.1, -0.05) is 6.92 Å². The van der Waals surface area contributed by atoms with Crippen LogP contribution in [-0.2, 0) is 17.4 Å². The van der Waals surface area contributed by atoms with Crippen LogP contribution >= 0.6 is 0 Å². The zero-order valence-corrected chi connectivity index (χ0v) is 23.0. The van der Waals surface area contributed by atoms with Gasteiger partial charge in [0.15, 0.2) is 0 Å². The third-order valence-corrected chi connectivity index (χ3v) is 7.40. The van der Waals surface area contributed by atoms with E-state index in [4.69, 9.17) is 4.74 Å². The van der Waals surface area contributed by atoms with Crippen LogP contribution in [0.25, 0.3) is 0 Å². The lowest BCUT2D eigenvalue weighted by atomic mass is 10.0. The van der Waals surface area contributed by atoms with E-state index >= 15 is 0 Å². The maximum atomic E-state index is 13.4. The Morgan fingerprint density at radius 2 is 1.77 bits per heavy atom. The average molecular weight is 563 g/mol. The molecule has 2 aromatic rings. The third kappa shape index (κ3) is 7.88. The molecule has 3 amide bonds. The van der Waals surface area contributed by atoms with Gasteiger partial charge in [0.1, 0.15) is 11.9 Å². The highest BCUT2D eigenvalue weighted by Gasteiger charge is 2.33. The summed E-state index contributed by atoms with van der Waals surface area (Å²) in [5.74, 6) is 1.12. The van der Waals surface area contributed by atoms with E-state index in [0.717, 1.165) is 24.6 Å². The van der Waals surface area contributed by atoms with Crippen molar-refractivity contribution in [2.45, 2.75) is 51.4 Å². The molecule has 0 unspecified atom stereocenters. The molecule has 0 saturated heterocycles. The number of hydrogen-bond acceptors (Lipinski definition) is 5. The highest BCUT2D eigenvalue weighted by Crippen LogP contribution is 2.32. The monoisotopic (exact) mass is 562 g/mol. The van der Waals surface area contributed by atoms with E-state index in [9.17, 15) is 27.9 Å². The number of urea groups is 1. The van der Waals surface area contributed by atoms with Gasteiger partial charge < -0.3 is 30.3 Å². The predicted molar refractivity (Wildman–Crippen MR) is 146 cm³/mol. The van der Waals surface area contributed by atoms with Gasteiger partial charge in [-0.2, -0.15) is 13.2 Å². The Kier molecular flexibility index (Phi) is 9.25. The summed E-state index contributed by atoms with van der Waals surface area (Å²) >= 11 is 0. The number of aliphatic hydroxyl groups excluding tert-OH is 1. The van der Waals surface area contributed by atoms with Crippen molar-refractivity contribution in [2.24, 2.45) is 11.8 Å². The summed E-state index contributed by atoms with van der Waals surface area (Å²) in [5, 5.41) is 15.0. The zero-order valence-electron chi connectivity index (χ0n) is 23.0. The summed E-state index contributed by atoms with van der Waals surface area (Å²) in [7, 11) is 2.07. The summed E-state index contributed by atoms with van der Waals surface area (Å²) in [6.07, 6.45) is -2.16. The number of nitrogens with zero attached hydrogens (tertiary/aromatic N) is 2. The van der Waals surface area contributed by atoms with Crippen molar-refractivity contribution in [1.82, 2.24) is 9.80 Å². The Morgan fingerprint density at radius 1 is 1.12 bits per heavy atom. The number of rotatable bonds is 8. The minimum absolute atomic E-state index is 0.00198. The molecule has 1 heterocycles. The Morgan fingerprint density at radius 3 is 2.40 bits per heavy atom. The maximum absolute atomic E-state index is 13.4. The number of likely N-dealkylation sites (N-methyl/N-ethyl adjacent to an activating group) is 1. The number of anilines is 2. The van der Waals surface area contributed by atoms with Gasteiger partial charge in [-0.05, 0) is 75.2 Å². The molecule has 1 fully saturated rings. The molecule has 0 radical (unpaired) electrons. The molecule has 0 spiro atoms. The Balaban J connectivity index is 1.52. The molecule has 0 bridgehead atoms. The number of ether oxygens (including phenoxy) is 1. The molecule has 3 atom stereocenters. The van der Waals surface area contributed by atoms with E-state index in [0.29, 0.717) is 30.1 Å². The number of benzene rings is 2. The van der Waals surface area contributed by atoms with E-state index in [2.05, 4.69) is 22.6 Å². The molecule has 1 aliphatic carbocycles. The van der Waals surface area contributed by atoms with E-state index in [1.807, 2.05) is 13.8 Å². The normalized spacial score (nSPS) is 20.6. The molecular weight excluding hydrogens is 525 g/mol. The summed E-state index contributed by atoms with van der Waals surface area (Å²) < 4.78 is 44.9. The lowest BCUT2D eigenvalue weighted by molar-refractivity contribution is -0.137. The van der Waals surface area contributed by atoms with E-state index < -0.39 is 17.8 Å². The number of alkyl halides is 3. The van der Waals surface area contributed by atoms with Gasteiger partial charge in [0.2, 0.25) is 5.91 Å². The van der Waals surface area contributed by atoms with E-state index in [1.54, 1.807) is 23.1 Å². The van der Waals surface area contributed by atoms with Crippen LogP contribution in [0.15, 0.2) is 42.5 Å². The lowest BCUT2D eigenvalue weighted by Gasteiger charge is -2.34. The molecule has 4 rings (SSSR count). The first-order valence-electron chi connectivity index (χ1n) is 13.6. The molecule has 40 heavy (non-hydrogen) atoms. The molecule has 11 heteroatoms. The Hall–Kier alpha value is -3.31. The third-order valence-electron chi connectivity index (χ3n) is 7.40. The van der Waals surface area contributed by atoms with Gasteiger partial charge in [0.05, 0.1) is 24.6 Å². The van der Waals surface area contributed by atoms with Crippen LogP contribution in [0.5, 0.6) is 5.75 Å². The summed E-state index contributed by atoms with van der Waals surface area (Å²) in [6, 6.07) is 8.20. The van der Waals surface area contributed by atoms with Crippen molar-refractivity contribution in [3.63, 3.8) is 0 Å². The maximum Gasteiger partial charge on any atom is 0.416 e. The van der Waals surface area contributed by atoms with Crippen molar-refractivity contribution in [1.29, 1.82) is 0 Å². The van der Waals surface area contributed by atoms with Crippen molar-refractivity contribution < 1.29 is 32.6 Å². The molecule has 1 saturated carbocycles. The van der Waals surface area contributed by atoms with Crippen LogP contribution in [0.2, 0.25) is 0 Å². The van der Waals surface area contributed by atoms with Crippen LogP contribution in [0.4, 0.5) is 29.3 Å².